The van der Waals surface area contributed by atoms with Crippen LogP contribution in [0.25, 0.3) is 10.4 Å². The first-order chi connectivity index (χ1) is 13.3. The third kappa shape index (κ3) is 3.90. The Labute approximate surface area is 163 Å². The Bertz CT molecular complexity index is 895. The van der Waals surface area contributed by atoms with Crippen molar-refractivity contribution < 1.29 is 22.8 Å². The van der Waals surface area contributed by atoms with E-state index in [-0.39, 0.29) is 17.6 Å². The van der Waals surface area contributed by atoms with E-state index in [1.165, 1.54) is 23.5 Å². The maximum Gasteiger partial charge on any atom is 0.471 e. The van der Waals surface area contributed by atoms with Crippen molar-refractivity contribution in [3.05, 3.63) is 41.3 Å². The molecule has 0 radical (unpaired) electrons. The van der Waals surface area contributed by atoms with Gasteiger partial charge < -0.3 is 16.0 Å². The van der Waals surface area contributed by atoms with Crippen LogP contribution in [-0.4, -0.2) is 36.6 Å². The molecule has 2 fully saturated rings. The van der Waals surface area contributed by atoms with Crippen molar-refractivity contribution in [3.8, 4) is 10.4 Å². The number of alkyl halides is 3. The molecule has 2 aromatic rings. The number of halogens is 3. The Balaban J connectivity index is 1.39. The topological polar surface area (TPSA) is 70.2 Å². The maximum atomic E-state index is 12.5. The Kier molecular flexibility index (Phi) is 4.88. The Hall–Kier alpha value is -2.39. The molecule has 1 aliphatic heterocycles. The highest BCUT2D eigenvalue weighted by Gasteiger charge is 2.40. The minimum absolute atomic E-state index is 0.0606. The summed E-state index contributed by atoms with van der Waals surface area (Å²) in [6, 6.07) is 10.3. The van der Waals surface area contributed by atoms with Crippen molar-refractivity contribution in [2.45, 2.75) is 31.1 Å². The maximum absolute atomic E-state index is 12.5. The van der Waals surface area contributed by atoms with Gasteiger partial charge in [-0.3, -0.25) is 9.59 Å². The molecule has 2 bridgehead atoms. The fraction of sp³-hybridized carbons (Fsp3) is 0.368. The zero-order chi connectivity index (χ0) is 19.9. The fourth-order valence-corrected chi connectivity index (χ4v) is 4.70. The van der Waals surface area contributed by atoms with Crippen LogP contribution in [0.5, 0.6) is 0 Å². The first kappa shape index (κ1) is 18.9. The summed E-state index contributed by atoms with van der Waals surface area (Å²) in [5.74, 6) is -1.61. The summed E-state index contributed by atoms with van der Waals surface area (Å²) in [5.41, 5.74) is 0.823. The lowest BCUT2D eigenvalue weighted by Gasteiger charge is -2.23. The van der Waals surface area contributed by atoms with Gasteiger partial charge in [0.1, 0.15) is 0 Å². The molecule has 148 valence electrons. The zero-order valence-electron chi connectivity index (χ0n) is 14.7. The molecular formula is C19H18F3N3O2S. The van der Waals surface area contributed by atoms with Gasteiger partial charge in [0.05, 0.1) is 4.88 Å². The monoisotopic (exact) mass is 409 g/mol. The molecule has 3 N–H and O–H groups in total. The molecule has 3 unspecified atom stereocenters. The van der Waals surface area contributed by atoms with Gasteiger partial charge in [-0.05, 0) is 48.6 Å². The normalized spacial score (nSPS) is 23.6. The molecule has 9 heteroatoms. The number of hydrogen-bond acceptors (Lipinski definition) is 4. The van der Waals surface area contributed by atoms with Crippen molar-refractivity contribution in [1.29, 1.82) is 0 Å². The quantitative estimate of drug-likeness (QED) is 0.725. The number of nitrogens with one attached hydrogen (secondary N) is 3. The van der Waals surface area contributed by atoms with Crippen LogP contribution in [0.4, 0.5) is 18.9 Å². The lowest BCUT2D eigenvalue weighted by molar-refractivity contribution is -0.167. The molecule has 2 aliphatic rings. The molecule has 1 saturated heterocycles. The number of anilines is 1. The summed E-state index contributed by atoms with van der Waals surface area (Å²) in [6.07, 6.45) is -2.86. The molecular weight excluding hydrogens is 391 g/mol. The van der Waals surface area contributed by atoms with Crippen LogP contribution in [0.15, 0.2) is 36.4 Å². The predicted molar refractivity (Wildman–Crippen MR) is 100 cm³/mol. The molecule has 2 amide bonds. The van der Waals surface area contributed by atoms with Crippen molar-refractivity contribution in [3.63, 3.8) is 0 Å². The molecule has 2 heterocycles. The summed E-state index contributed by atoms with van der Waals surface area (Å²) in [6.45, 7) is 0.947. The molecule has 5 nitrogen and oxygen atoms in total. The lowest BCUT2D eigenvalue weighted by atomic mass is 10.0. The number of benzene rings is 1. The zero-order valence-corrected chi connectivity index (χ0v) is 15.5. The van der Waals surface area contributed by atoms with E-state index in [0.717, 1.165) is 29.8 Å². The number of carbonyl (C=O) groups is 2. The van der Waals surface area contributed by atoms with Crippen LogP contribution >= 0.6 is 11.3 Å². The highest BCUT2D eigenvalue weighted by molar-refractivity contribution is 7.17. The van der Waals surface area contributed by atoms with Crippen molar-refractivity contribution in [1.82, 2.24) is 10.6 Å². The Morgan fingerprint density at radius 2 is 1.82 bits per heavy atom. The lowest BCUT2D eigenvalue weighted by Crippen LogP contribution is -2.43. The highest BCUT2D eigenvalue weighted by Crippen LogP contribution is 2.33. The Morgan fingerprint density at radius 3 is 2.43 bits per heavy atom. The van der Waals surface area contributed by atoms with E-state index in [4.69, 9.17) is 0 Å². The van der Waals surface area contributed by atoms with Gasteiger partial charge in [0, 0.05) is 29.2 Å². The first-order valence-corrected chi connectivity index (χ1v) is 9.74. The number of thiophene rings is 1. The minimum atomic E-state index is -4.93. The van der Waals surface area contributed by atoms with Gasteiger partial charge in [0.2, 0.25) is 0 Å². The van der Waals surface area contributed by atoms with Crippen LogP contribution in [0.3, 0.4) is 0 Å². The molecule has 4 rings (SSSR count). The van der Waals surface area contributed by atoms with E-state index >= 15 is 0 Å². The van der Waals surface area contributed by atoms with E-state index in [0.29, 0.717) is 16.8 Å². The third-order valence-corrected chi connectivity index (χ3v) is 6.33. The van der Waals surface area contributed by atoms with Crippen molar-refractivity contribution in [2.75, 3.05) is 11.9 Å². The number of rotatable bonds is 4. The number of carbonyl (C=O) groups excluding carboxylic acids is 2. The summed E-state index contributed by atoms with van der Waals surface area (Å²) < 4.78 is 36.9. The highest BCUT2D eigenvalue weighted by atomic mass is 32.1. The van der Waals surface area contributed by atoms with Crippen LogP contribution in [0.2, 0.25) is 0 Å². The minimum Gasteiger partial charge on any atom is -0.348 e. The number of amides is 2. The summed E-state index contributed by atoms with van der Waals surface area (Å²) in [5, 5.41) is 8.33. The number of hydrogen-bond donors (Lipinski definition) is 3. The van der Waals surface area contributed by atoms with Gasteiger partial charge in [-0.15, -0.1) is 11.3 Å². The smallest absolute Gasteiger partial charge is 0.348 e. The van der Waals surface area contributed by atoms with Gasteiger partial charge in [0.25, 0.3) is 5.91 Å². The predicted octanol–water partition coefficient (Wildman–Crippen LogP) is 3.40. The molecule has 1 aliphatic carbocycles. The number of piperidine rings is 1. The molecule has 0 spiro atoms. The van der Waals surface area contributed by atoms with Crippen LogP contribution < -0.4 is 16.0 Å². The number of fused-ring (bicyclic) bond motifs is 2. The second kappa shape index (κ2) is 7.21. The summed E-state index contributed by atoms with van der Waals surface area (Å²) >= 11 is 1.33. The van der Waals surface area contributed by atoms with Gasteiger partial charge in [-0.1, -0.05) is 12.1 Å². The first-order valence-electron chi connectivity index (χ1n) is 8.92. The average molecular weight is 409 g/mol. The largest absolute Gasteiger partial charge is 0.471 e. The second-order valence-corrected chi connectivity index (χ2v) is 8.19. The van der Waals surface area contributed by atoms with E-state index in [1.54, 1.807) is 18.2 Å². The molecule has 1 aromatic carbocycles. The van der Waals surface area contributed by atoms with Crippen LogP contribution in [-0.2, 0) is 4.79 Å². The van der Waals surface area contributed by atoms with E-state index in [1.807, 2.05) is 11.4 Å². The van der Waals surface area contributed by atoms with Gasteiger partial charge in [-0.25, -0.2) is 0 Å². The van der Waals surface area contributed by atoms with Gasteiger partial charge >= 0.3 is 12.1 Å². The summed E-state index contributed by atoms with van der Waals surface area (Å²) in [7, 11) is 0. The van der Waals surface area contributed by atoms with Gasteiger partial charge in [0.15, 0.2) is 0 Å². The second-order valence-electron chi connectivity index (χ2n) is 7.11. The SMILES string of the molecule is O=C(NC1CC2CC1CN2)c1ccc(-c2ccc(NC(=O)C(F)(F)F)cc2)s1. The molecule has 1 saturated carbocycles. The van der Waals surface area contributed by atoms with E-state index in [9.17, 15) is 22.8 Å². The molecule has 3 atom stereocenters. The van der Waals surface area contributed by atoms with Gasteiger partial charge in [-0.2, -0.15) is 13.2 Å². The molecule has 1 aromatic heterocycles. The average Bonchev–Trinajstić information content (AvgIpc) is 3.38. The molecule has 28 heavy (non-hydrogen) atoms. The van der Waals surface area contributed by atoms with E-state index < -0.39 is 12.1 Å². The third-order valence-electron chi connectivity index (χ3n) is 5.19. The van der Waals surface area contributed by atoms with Crippen molar-refractivity contribution >= 4 is 28.8 Å². The van der Waals surface area contributed by atoms with Crippen molar-refractivity contribution in [2.24, 2.45) is 5.92 Å². The van der Waals surface area contributed by atoms with Crippen LogP contribution in [0.1, 0.15) is 22.5 Å². The standard InChI is InChI=1S/C19H18F3N3O2S/c20-19(21,22)18(27)24-12-3-1-10(2-4-12)15-5-6-16(28-15)17(26)25-14-8-13-7-11(14)9-23-13/h1-6,11,13-14,23H,7-9H2,(H,24,27)(H,25,26). The van der Waals surface area contributed by atoms with E-state index in [2.05, 4.69) is 10.6 Å². The Morgan fingerprint density at radius 1 is 1.07 bits per heavy atom. The summed E-state index contributed by atoms with van der Waals surface area (Å²) in [4.78, 5) is 24.9. The fourth-order valence-electron chi connectivity index (χ4n) is 3.79. The van der Waals surface area contributed by atoms with Crippen LogP contribution in [0, 0.1) is 5.92 Å².